The van der Waals surface area contributed by atoms with Gasteiger partial charge in [-0.2, -0.15) is 13.2 Å². The summed E-state index contributed by atoms with van der Waals surface area (Å²) in [6, 6.07) is -0.799. The summed E-state index contributed by atoms with van der Waals surface area (Å²) in [5.41, 5.74) is 0. The lowest BCUT2D eigenvalue weighted by molar-refractivity contribution is -0.139. The summed E-state index contributed by atoms with van der Waals surface area (Å²) in [5, 5.41) is 4.38. The zero-order valence-electron chi connectivity index (χ0n) is 10.2. The molecule has 1 atom stereocenters. The zero-order valence-corrected chi connectivity index (χ0v) is 11.0. The van der Waals surface area contributed by atoms with Gasteiger partial charge in [0.05, 0.1) is 11.8 Å². The molecule has 2 N–H and O–H groups in total. The van der Waals surface area contributed by atoms with Gasteiger partial charge in [-0.25, -0.2) is 8.42 Å². The Morgan fingerprint density at radius 3 is 2.33 bits per heavy atom. The van der Waals surface area contributed by atoms with Crippen molar-refractivity contribution in [3.63, 3.8) is 0 Å². The third-order valence-corrected chi connectivity index (χ3v) is 3.03. The van der Waals surface area contributed by atoms with Crippen molar-refractivity contribution in [2.75, 3.05) is 25.1 Å². The first kappa shape index (κ1) is 17.2. The van der Waals surface area contributed by atoms with Crippen LogP contribution in [0.15, 0.2) is 0 Å². The molecule has 5 nitrogen and oxygen atoms in total. The Hall–Kier alpha value is -0.830. The maximum absolute atomic E-state index is 11.8. The molecule has 0 saturated carbocycles. The van der Waals surface area contributed by atoms with Crippen LogP contribution in [0.3, 0.4) is 0 Å². The third-order valence-electron chi connectivity index (χ3n) is 2.00. The number of carbonyl (C=O) groups excluding carboxylic acids is 1. The van der Waals surface area contributed by atoms with Crippen molar-refractivity contribution < 1.29 is 26.4 Å². The first-order chi connectivity index (χ1) is 8.01. The van der Waals surface area contributed by atoms with E-state index in [1.165, 1.54) is 6.92 Å². The molecule has 0 rings (SSSR count). The summed E-state index contributed by atoms with van der Waals surface area (Å²) in [4.78, 5) is 11.2. The molecular formula is C9H17F3N2O3S. The average Bonchev–Trinajstić information content (AvgIpc) is 2.18. The highest BCUT2D eigenvalue weighted by molar-refractivity contribution is 7.90. The van der Waals surface area contributed by atoms with Crippen LogP contribution in [0.5, 0.6) is 0 Å². The van der Waals surface area contributed by atoms with Crippen molar-refractivity contribution in [2.45, 2.75) is 25.6 Å². The number of amides is 1. The molecule has 0 aliphatic carbocycles. The summed E-state index contributed by atoms with van der Waals surface area (Å²) in [6.07, 6.45) is -3.05. The van der Waals surface area contributed by atoms with Crippen LogP contribution in [0.1, 0.15) is 13.3 Å². The summed E-state index contributed by atoms with van der Waals surface area (Å²) < 4.78 is 57.0. The third kappa shape index (κ3) is 10.3. The van der Waals surface area contributed by atoms with Gasteiger partial charge in [0.2, 0.25) is 5.91 Å². The van der Waals surface area contributed by atoms with E-state index in [0.29, 0.717) is 6.42 Å². The molecule has 0 aromatic carbocycles. The highest BCUT2D eigenvalue weighted by Gasteiger charge is 2.28. The standard InChI is InChI=1S/C9H17F3N2O3S/c1-7(8(15)14-6-9(10,11)12)13-4-3-5-18(2,16)17/h7,13H,3-6H2,1-2H3,(H,14,15). The van der Waals surface area contributed by atoms with Crippen molar-refractivity contribution in [3.05, 3.63) is 0 Å². The highest BCUT2D eigenvalue weighted by Crippen LogP contribution is 2.12. The summed E-state index contributed by atoms with van der Waals surface area (Å²) >= 11 is 0. The number of halogens is 3. The van der Waals surface area contributed by atoms with Gasteiger partial charge in [0.15, 0.2) is 0 Å². The minimum Gasteiger partial charge on any atom is -0.346 e. The molecule has 0 heterocycles. The van der Waals surface area contributed by atoms with Gasteiger partial charge >= 0.3 is 6.18 Å². The van der Waals surface area contributed by atoms with Crippen molar-refractivity contribution in [2.24, 2.45) is 0 Å². The lowest BCUT2D eigenvalue weighted by Crippen LogP contribution is -2.45. The van der Waals surface area contributed by atoms with Gasteiger partial charge in [-0.3, -0.25) is 4.79 Å². The Bertz CT molecular complexity index is 368. The fourth-order valence-electron chi connectivity index (χ4n) is 1.09. The topological polar surface area (TPSA) is 75.3 Å². The fraction of sp³-hybridized carbons (Fsp3) is 0.889. The number of rotatable bonds is 7. The molecule has 108 valence electrons. The molecule has 9 heteroatoms. The molecule has 0 aliphatic rings. The number of nitrogens with one attached hydrogen (secondary N) is 2. The van der Waals surface area contributed by atoms with E-state index < -0.39 is 34.5 Å². The van der Waals surface area contributed by atoms with Crippen molar-refractivity contribution in [3.8, 4) is 0 Å². The molecule has 1 unspecified atom stereocenters. The second-order valence-electron chi connectivity index (χ2n) is 3.99. The maximum atomic E-state index is 11.8. The number of alkyl halides is 3. The number of hydrogen-bond acceptors (Lipinski definition) is 4. The minimum atomic E-state index is -4.44. The monoisotopic (exact) mass is 290 g/mol. The highest BCUT2D eigenvalue weighted by atomic mass is 32.2. The first-order valence-corrected chi connectivity index (χ1v) is 7.33. The lowest BCUT2D eigenvalue weighted by atomic mass is 10.3. The molecule has 0 aliphatic heterocycles. The van der Waals surface area contributed by atoms with E-state index in [4.69, 9.17) is 0 Å². The van der Waals surface area contributed by atoms with Crippen LogP contribution in [0.2, 0.25) is 0 Å². The van der Waals surface area contributed by atoms with E-state index in [9.17, 15) is 26.4 Å². The number of hydrogen-bond donors (Lipinski definition) is 2. The van der Waals surface area contributed by atoms with Crippen LogP contribution in [0.25, 0.3) is 0 Å². The molecule has 0 aromatic rings. The number of carbonyl (C=O) groups is 1. The lowest BCUT2D eigenvalue weighted by Gasteiger charge is -2.14. The van der Waals surface area contributed by atoms with Crippen LogP contribution in [-0.2, 0) is 14.6 Å². The van der Waals surface area contributed by atoms with E-state index in [1.807, 2.05) is 0 Å². The summed E-state index contributed by atoms with van der Waals surface area (Å²) in [5.74, 6) is -0.802. The smallest absolute Gasteiger partial charge is 0.346 e. The number of sulfone groups is 1. The first-order valence-electron chi connectivity index (χ1n) is 5.27. The molecule has 0 saturated heterocycles. The molecule has 0 fully saturated rings. The quantitative estimate of drug-likeness (QED) is 0.651. The molecular weight excluding hydrogens is 273 g/mol. The molecule has 0 bridgehead atoms. The van der Waals surface area contributed by atoms with Gasteiger partial charge in [-0.05, 0) is 19.9 Å². The Morgan fingerprint density at radius 1 is 1.33 bits per heavy atom. The van der Waals surface area contributed by atoms with Crippen molar-refractivity contribution in [1.29, 1.82) is 0 Å². The summed E-state index contributed by atoms with van der Waals surface area (Å²) in [7, 11) is -3.06. The van der Waals surface area contributed by atoms with Crippen LogP contribution in [0, 0.1) is 0 Å². The second-order valence-corrected chi connectivity index (χ2v) is 6.25. The Morgan fingerprint density at radius 2 is 1.89 bits per heavy atom. The fourth-order valence-corrected chi connectivity index (χ4v) is 1.75. The predicted octanol–water partition coefficient (Wildman–Crippen LogP) is 0.0777. The molecule has 0 radical (unpaired) electrons. The van der Waals surface area contributed by atoms with E-state index in [-0.39, 0.29) is 12.3 Å². The van der Waals surface area contributed by atoms with Crippen LogP contribution < -0.4 is 10.6 Å². The Kier molecular flexibility index (Phi) is 6.61. The Labute approximate surface area is 104 Å². The van der Waals surface area contributed by atoms with Gasteiger partial charge in [-0.1, -0.05) is 0 Å². The zero-order chi connectivity index (χ0) is 14.4. The second kappa shape index (κ2) is 6.93. The van der Waals surface area contributed by atoms with Crippen LogP contribution >= 0.6 is 0 Å². The van der Waals surface area contributed by atoms with E-state index in [2.05, 4.69) is 5.32 Å². The SMILES string of the molecule is CC(NCCCS(C)(=O)=O)C(=O)NCC(F)(F)F. The minimum absolute atomic E-state index is 0.0309. The molecule has 0 spiro atoms. The van der Waals surface area contributed by atoms with Crippen LogP contribution in [-0.4, -0.2) is 51.6 Å². The maximum Gasteiger partial charge on any atom is 0.405 e. The van der Waals surface area contributed by atoms with Crippen molar-refractivity contribution in [1.82, 2.24) is 10.6 Å². The van der Waals surface area contributed by atoms with Gasteiger partial charge in [-0.15, -0.1) is 0 Å². The summed E-state index contributed by atoms with van der Waals surface area (Å²) in [6.45, 7) is 0.279. The average molecular weight is 290 g/mol. The van der Waals surface area contributed by atoms with Crippen LogP contribution in [0.4, 0.5) is 13.2 Å². The van der Waals surface area contributed by atoms with E-state index in [1.54, 1.807) is 5.32 Å². The van der Waals surface area contributed by atoms with Gasteiger partial charge in [0.25, 0.3) is 0 Å². The molecule has 18 heavy (non-hydrogen) atoms. The molecule has 0 aromatic heterocycles. The Balaban J connectivity index is 3.82. The van der Waals surface area contributed by atoms with Gasteiger partial charge < -0.3 is 10.6 Å². The predicted molar refractivity (Wildman–Crippen MR) is 60.9 cm³/mol. The van der Waals surface area contributed by atoms with Crippen molar-refractivity contribution >= 4 is 15.7 Å². The van der Waals surface area contributed by atoms with E-state index in [0.717, 1.165) is 6.26 Å². The van der Waals surface area contributed by atoms with E-state index >= 15 is 0 Å². The molecule has 1 amide bonds. The van der Waals surface area contributed by atoms with Gasteiger partial charge in [0.1, 0.15) is 16.4 Å². The normalized spacial score (nSPS) is 14.3. The van der Waals surface area contributed by atoms with Gasteiger partial charge in [0, 0.05) is 6.26 Å². The largest absolute Gasteiger partial charge is 0.405 e.